The van der Waals surface area contributed by atoms with Crippen molar-refractivity contribution in [1.29, 1.82) is 0 Å². The zero-order chi connectivity index (χ0) is 19.4. The van der Waals surface area contributed by atoms with Crippen molar-refractivity contribution in [2.75, 3.05) is 32.2 Å². The lowest BCUT2D eigenvalue weighted by Gasteiger charge is -2.30. The molecule has 1 aliphatic heterocycles. The number of fused-ring (bicyclic) bond motifs is 1. The molecule has 1 aromatic carbocycles. The topological polar surface area (TPSA) is 76.6 Å². The number of aromatic nitrogens is 2. The predicted molar refractivity (Wildman–Crippen MR) is 104 cm³/mol. The highest BCUT2D eigenvalue weighted by molar-refractivity contribution is 5.92. The highest BCUT2D eigenvalue weighted by Crippen LogP contribution is 2.34. The summed E-state index contributed by atoms with van der Waals surface area (Å²) in [6.07, 6.45) is 1.76. The average Bonchev–Trinajstić information content (AvgIpc) is 2.69. The summed E-state index contributed by atoms with van der Waals surface area (Å²) >= 11 is 0. The Balaban J connectivity index is 1.86. The minimum absolute atomic E-state index is 0.160. The molecule has 0 saturated heterocycles. The maximum Gasteiger partial charge on any atom is 0.270 e. The van der Waals surface area contributed by atoms with Crippen LogP contribution in [0.5, 0.6) is 11.5 Å². The molecular weight excluding hydrogens is 344 g/mol. The number of nitrogens with one attached hydrogen (secondary N) is 1. The molecule has 0 aliphatic carbocycles. The first-order valence-electron chi connectivity index (χ1n) is 9.18. The Kier molecular flexibility index (Phi) is 5.78. The van der Waals surface area contributed by atoms with Crippen molar-refractivity contribution in [3.63, 3.8) is 0 Å². The fraction of sp³-hybridized carbons (Fsp3) is 0.450. The molecule has 0 radical (unpaired) electrons. The summed E-state index contributed by atoms with van der Waals surface area (Å²) in [5.74, 6) is 2.67. The van der Waals surface area contributed by atoms with Gasteiger partial charge in [0, 0.05) is 25.7 Å². The summed E-state index contributed by atoms with van der Waals surface area (Å²) in [4.78, 5) is 23.3. The first-order chi connectivity index (χ1) is 13.0. The van der Waals surface area contributed by atoms with E-state index in [9.17, 15) is 4.79 Å². The van der Waals surface area contributed by atoms with E-state index in [-0.39, 0.29) is 5.91 Å². The van der Waals surface area contributed by atoms with Crippen molar-refractivity contribution in [3.05, 3.63) is 40.8 Å². The van der Waals surface area contributed by atoms with E-state index in [4.69, 9.17) is 9.47 Å². The van der Waals surface area contributed by atoms with Gasteiger partial charge in [0.1, 0.15) is 17.3 Å². The Hall–Kier alpha value is -2.83. The molecule has 1 amide bonds. The molecule has 1 N–H and O–H groups in total. The molecule has 0 spiro atoms. The maximum absolute atomic E-state index is 12.3. The van der Waals surface area contributed by atoms with Gasteiger partial charge in [-0.1, -0.05) is 6.92 Å². The highest BCUT2D eigenvalue weighted by atomic mass is 16.5. The van der Waals surface area contributed by atoms with E-state index in [1.54, 1.807) is 20.3 Å². The lowest BCUT2D eigenvalue weighted by molar-refractivity contribution is 0.0948. The molecule has 7 nitrogen and oxygen atoms in total. The molecule has 2 heterocycles. The lowest BCUT2D eigenvalue weighted by Crippen LogP contribution is -2.32. The van der Waals surface area contributed by atoms with Crippen LogP contribution in [0.15, 0.2) is 18.2 Å². The summed E-state index contributed by atoms with van der Waals surface area (Å²) in [5.41, 5.74) is 2.83. The van der Waals surface area contributed by atoms with Crippen LogP contribution in [0.25, 0.3) is 0 Å². The summed E-state index contributed by atoms with van der Waals surface area (Å²) in [5, 5.41) is 2.87. The Morgan fingerprint density at radius 3 is 2.52 bits per heavy atom. The summed E-state index contributed by atoms with van der Waals surface area (Å²) in [6, 6.07) is 5.83. The largest absolute Gasteiger partial charge is 0.493 e. The molecule has 144 valence electrons. The number of benzene rings is 1. The van der Waals surface area contributed by atoms with Crippen LogP contribution in [0.4, 0.5) is 5.82 Å². The second-order valence-corrected chi connectivity index (χ2v) is 6.56. The van der Waals surface area contributed by atoms with E-state index in [0.717, 1.165) is 36.7 Å². The van der Waals surface area contributed by atoms with Gasteiger partial charge in [0.05, 0.1) is 14.2 Å². The molecule has 0 saturated carbocycles. The van der Waals surface area contributed by atoms with Crippen LogP contribution in [0.1, 0.15) is 40.8 Å². The van der Waals surface area contributed by atoms with Gasteiger partial charge < -0.3 is 19.7 Å². The lowest BCUT2D eigenvalue weighted by atomic mass is 9.98. The molecule has 0 bridgehead atoms. The van der Waals surface area contributed by atoms with Gasteiger partial charge >= 0.3 is 0 Å². The van der Waals surface area contributed by atoms with Gasteiger partial charge in [-0.2, -0.15) is 0 Å². The van der Waals surface area contributed by atoms with Crippen molar-refractivity contribution in [2.45, 2.75) is 33.2 Å². The molecule has 2 aromatic rings. The number of carbonyl (C=O) groups is 1. The third-order valence-corrected chi connectivity index (χ3v) is 4.63. The number of carbonyl (C=O) groups excluding carboxylic acids is 1. The predicted octanol–water partition coefficient (Wildman–Crippen LogP) is 2.50. The number of anilines is 1. The quantitative estimate of drug-likeness (QED) is 0.842. The molecule has 3 rings (SSSR count). The van der Waals surface area contributed by atoms with Crippen LogP contribution >= 0.6 is 0 Å². The minimum Gasteiger partial charge on any atom is -0.493 e. The normalized spacial score (nSPS) is 13.1. The fourth-order valence-corrected chi connectivity index (χ4v) is 3.24. The van der Waals surface area contributed by atoms with Gasteiger partial charge in [-0.25, -0.2) is 9.97 Å². The van der Waals surface area contributed by atoms with Crippen LogP contribution in [0.2, 0.25) is 0 Å². The first kappa shape index (κ1) is 18.9. The fourth-order valence-electron chi connectivity index (χ4n) is 3.24. The maximum atomic E-state index is 12.3. The Labute approximate surface area is 159 Å². The van der Waals surface area contributed by atoms with Gasteiger partial charge in [-0.05, 0) is 43.0 Å². The number of ether oxygens (including phenoxy) is 2. The van der Waals surface area contributed by atoms with Gasteiger partial charge in [0.2, 0.25) is 0 Å². The smallest absolute Gasteiger partial charge is 0.270 e. The number of nitrogens with zero attached hydrogens (tertiary/aromatic N) is 3. The van der Waals surface area contributed by atoms with Crippen molar-refractivity contribution >= 4 is 11.7 Å². The van der Waals surface area contributed by atoms with Crippen LogP contribution in [0, 0.1) is 6.92 Å². The molecular formula is C20H26N4O3. The van der Waals surface area contributed by atoms with Gasteiger partial charge in [0.25, 0.3) is 5.91 Å². The Morgan fingerprint density at radius 2 is 1.85 bits per heavy atom. The average molecular weight is 370 g/mol. The first-order valence-corrected chi connectivity index (χ1v) is 9.18. The molecule has 1 aliphatic rings. The van der Waals surface area contributed by atoms with E-state index in [2.05, 4.69) is 20.2 Å². The molecule has 0 unspecified atom stereocenters. The minimum atomic E-state index is -0.160. The molecule has 27 heavy (non-hydrogen) atoms. The molecule has 7 heteroatoms. The summed E-state index contributed by atoms with van der Waals surface area (Å²) in [7, 11) is 3.29. The third-order valence-electron chi connectivity index (χ3n) is 4.63. The van der Waals surface area contributed by atoms with E-state index < -0.39 is 0 Å². The molecule has 1 aromatic heterocycles. The van der Waals surface area contributed by atoms with E-state index >= 15 is 0 Å². The standard InChI is InChI=1S/C20H26N4O3/c1-5-7-21-20(25)16-11-19(23-13(2)22-16)24-8-6-14-9-17(26-3)18(27-4)10-15(14)12-24/h9-11H,5-8,12H2,1-4H3,(H,21,25). The summed E-state index contributed by atoms with van der Waals surface area (Å²) in [6.45, 7) is 5.98. The van der Waals surface area contributed by atoms with Gasteiger partial charge in [-0.15, -0.1) is 0 Å². The van der Waals surface area contributed by atoms with E-state index in [0.29, 0.717) is 24.6 Å². The Morgan fingerprint density at radius 1 is 1.15 bits per heavy atom. The van der Waals surface area contributed by atoms with Crippen LogP contribution in [-0.4, -0.2) is 43.2 Å². The van der Waals surface area contributed by atoms with Gasteiger partial charge in [-0.3, -0.25) is 4.79 Å². The zero-order valence-corrected chi connectivity index (χ0v) is 16.3. The second kappa shape index (κ2) is 8.24. The van der Waals surface area contributed by atoms with Gasteiger partial charge in [0.15, 0.2) is 11.5 Å². The molecule has 0 atom stereocenters. The van der Waals surface area contributed by atoms with Crippen molar-refractivity contribution < 1.29 is 14.3 Å². The van der Waals surface area contributed by atoms with E-state index in [1.165, 1.54) is 11.1 Å². The number of hydrogen-bond acceptors (Lipinski definition) is 6. The number of rotatable bonds is 6. The summed E-state index contributed by atoms with van der Waals surface area (Å²) < 4.78 is 10.8. The van der Waals surface area contributed by atoms with Crippen LogP contribution in [-0.2, 0) is 13.0 Å². The van der Waals surface area contributed by atoms with Crippen molar-refractivity contribution in [2.24, 2.45) is 0 Å². The van der Waals surface area contributed by atoms with E-state index in [1.807, 2.05) is 26.0 Å². The van der Waals surface area contributed by atoms with Crippen LogP contribution < -0.4 is 19.7 Å². The Bertz CT molecular complexity index is 838. The third kappa shape index (κ3) is 4.13. The second-order valence-electron chi connectivity index (χ2n) is 6.56. The van der Waals surface area contributed by atoms with Crippen molar-refractivity contribution in [3.8, 4) is 11.5 Å². The highest BCUT2D eigenvalue weighted by Gasteiger charge is 2.22. The number of hydrogen-bond donors (Lipinski definition) is 1. The van der Waals surface area contributed by atoms with Crippen LogP contribution in [0.3, 0.4) is 0 Å². The zero-order valence-electron chi connectivity index (χ0n) is 16.3. The number of amides is 1. The number of aryl methyl sites for hydroxylation is 1. The monoisotopic (exact) mass is 370 g/mol. The SMILES string of the molecule is CCCNC(=O)c1cc(N2CCc3cc(OC)c(OC)cc3C2)nc(C)n1. The number of methoxy groups -OCH3 is 2. The molecule has 0 fully saturated rings. The van der Waals surface area contributed by atoms with Crippen molar-refractivity contribution in [1.82, 2.24) is 15.3 Å².